The molecule has 1 aliphatic carbocycles. The molecule has 108 valence electrons. The minimum atomic E-state index is -0.700. The van der Waals surface area contributed by atoms with Crippen LogP contribution in [0.5, 0.6) is 0 Å². The summed E-state index contributed by atoms with van der Waals surface area (Å²) in [6.07, 6.45) is 2.06. The van der Waals surface area contributed by atoms with Gasteiger partial charge in [-0.3, -0.25) is 4.79 Å². The Labute approximate surface area is 113 Å². The van der Waals surface area contributed by atoms with E-state index in [1.165, 1.54) is 0 Å². The van der Waals surface area contributed by atoms with Crippen molar-refractivity contribution in [1.29, 1.82) is 0 Å². The third kappa shape index (κ3) is 3.39. The van der Waals surface area contributed by atoms with E-state index < -0.39 is 11.6 Å². The molecular formula is C14H23NO4. The fraction of sp³-hybridized carbons (Fsp3) is 0.857. The molecule has 2 aliphatic rings. The van der Waals surface area contributed by atoms with Crippen molar-refractivity contribution in [3.8, 4) is 0 Å². The van der Waals surface area contributed by atoms with Crippen LogP contribution >= 0.6 is 0 Å². The average molecular weight is 269 g/mol. The summed E-state index contributed by atoms with van der Waals surface area (Å²) in [5.74, 6) is -0.167. The summed E-state index contributed by atoms with van der Waals surface area (Å²) in [6, 6.07) is 0. The number of rotatable bonds is 1. The van der Waals surface area contributed by atoms with E-state index in [0.717, 1.165) is 12.8 Å². The van der Waals surface area contributed by atoms with Gasteiger partial charge in [-0.2, -0.15) is 0 Å². The molecule has 1 amide bonds. The third-order valence-electron chi connectivity index (χ3n) is 4.05. The highest BCUT2D eigenvalue weighted by molar-refractivity contribution is 5.70. The Morgan fingerprint density at radius 2 is 1.79 bits per heavy atom. The number of nitrogens with zero attached hydrogens (tertiary/aromatic N) is 1. The van der Waals surface area contributed by atoms with Crippen molar-refractivity contribution in [3.63, 3.8) is 0 Å². The van der Waals surface area contributed by atoms with Crippen LogP contribution in [0.15, 0.2) is 0 Å². The second kappa shape index (κ2) is 5.02. The van der Waals surface area contributed by atoms with Crippen LogP contribution in [-0.4, -0.2) is 40.8 Å². The van der Waals surface area contributed by atoms with Crippen LogP contribution in [0, 0.1) is 17.8 Å². The van der Waals surface area contributed by atoms with Gasteiger partial charge >= 0.3 is 12.1 Å². The van der Waals surface area contributed by atoms with E-state index in [9.17, 15) is 9.59 Å². The normalized spacial score (nSPS) is 30.9. The summed E-state index contributed by atoms with van der Waals surface area (Å²) in [4.78, 5) is 24.8. The smallest absolute Gasteiger partial charge is 0.410 e. The number of amides is 1. The van der Waals surface area contributed by atoms with Crippen molar-refractivity contribution >= 4 is 12.1 Å². The number of aliphatic carboxylic acids is 1. The number of ether oxygens (including phenoxy) is 1. The van der Waals surface area contributed by atoms with E-state index >= 15 is 0 Å². The largest absolute Gasteiger partial charge is 0.481 e. The van der Waals surface area contributed by atoms with Crippen molar-refractivity contribution in [3.05, 3.63) is 0 Å². The Kier molecular flexibility index (Phi) is 3.74. The zero-order valence-corrected chi connectivity index (χ0v) is 11.9. The van der Waals surface area contributed by atoms with Gasteiger partial charge in [-0.15, -0.1) is 0 Å². The summed E-state index contributed by atoms with van der Waals surface area (Å²) in [5.41, 5.74) is -0.478. The van der Waals surface area contributed by atoms with Crippen LogP contribution in [-0.2, 0) is 9.53 Å². The molecule has 1 saturated carbocycles. The van der Waals surface area contributed by atoms with Gasteiger partial charge < -0.3 is 14.7 Å². The molecule has 3 unspecified atom stereocenters. The highest BCUT2D eigenvalue weighted by Gasteiger charge is 2.42. The second-order valence-electron chi connectivity index (χ2n) is 6.75. The Hall–Kier alpha value is -1.26. The van der Waals surface area contributed by atoms with Gasteiger partial charge in [-0.25, -0.2) is 4.79 Å². The summed E-state index contributed by atoms with van der Waals surface area (Å²) in [7, 11) is 0. The Morgan fingerprint density at radius 1 is 1.16 bits per heavy atom. The van der Waals surface area contributed by atoms with Crippen LogP contribution in [0.2, 0.25) is 0 Å². The lowest BCUT2D eigenvalue weighted by molar-refractivity contribution is -0.143. The van der Waals surface area contributed by atoms with Gasteiger partial charge in [0.05, 0.1) is 5.92 Å². The molecule has 2 fully saturated rings. The number of likely N-dealkylation sites (tertiary alicyclic amines) is 1. The number of carbonyl (C=O) groups is 2. The maximum atomic E-state index is 12.0. The van der Waals surface area contributed by atoms with E-state index in [2.05, 4.69) is 0 Å². The van der Waals surface area contributed by atoms with Gasteiger partial charge in [0.1, 0.15) is 5.60 Å². The Morgan fingerprint density at radius 3 is 2.37 bits per heavy atom. The number of hydrogen-bond acceptors (Lipinski definition) is 3. The minimum absolute atomic E-state index is 0.236. The van der Waals surface area contributed by atoms with E-state index in [-0.39, 0.29) is 12.0 Å². The molecule has 1 heterocycles. The monoisotopic (exact) mass is 269 g/mol. The van der Waals surface area contributed by atoms with Gasteiger partial charge in [0, 0.05) is 13.1 Å². The quantitative estimate of drug-likeness (QED) is 0.793. The van der Waals surface area contributed by atoms with Crippen LogP contribution in [0.4, 0.5) is 4.79 Å². The molecule has 19 heavy (non-hydrogen) atoms. The highest BCUT2D eigenvalue weighted by atomic mass is 16.6. The Balaban J connectivity index is 1.92. The van der Waals surface area contributed by atoms with Crippen LogP contribution < -0.4 is 0 Å². The topological polar surface area (TPSA) is 66.8 Å². The van der Waals surface area contributed by atoms with Crippen molar-refractivity contribution in [1.82, 2.24) is 4.90 Å². The maximum Gasteiger partial charge on any atom is 0.410 e. The van der Waals surface area contributed by atoms with Crippen molar-refractivity contribution in [2.75, 3.05) is 13.1 Å². The molecule has 0 aromatic heterocycles. The minimum Gasteiger partial charge on any atom is -0.481 e. The second-order valence-corrected chi connectivity index (χ2v) is 6.75. The molecule has 0 aromatic carbocycles. The van der Waals surface area contributed by atoms with E-state index in [4.69, 9.17) is 9.84 Å². The molecule has 0 bridgehead atoms. The van der Waals surface area contributed by atoms with Gasteiger partial charge in [-0.1, -0.05) is 0 Å². The zero-order valence-electron chi connectivity index (χ0n) is 11.9. The highest BCUT2D eigenvalue weighted by Crippen LogP contribution is 2.39. The number of hydrogen-bond donors (Lipinski definition) is 1. The molecule has 5 nitrogen and oxygen atoms in total. The first-order valence-corrected chi connectivity index (χ1v) is 6.97. The molecule has 1 aliphatic heterocycles. The van der Waals surface area contributed by atoms with E-state index in [1.807, 2.05) is 20.8 Å². The first kappa shape index (κ1) is 14.2. The molecule has 0 spiro atoms. The standard InChI is InChI=1S/C14H23NO4/c1-14(2,3)19-13(18)15-7-10-5-4-9(12(16)17)6-11(10)8-15/h9-11H,4-8H2,1-3H3,(H,16,17). The zero-order chi connectivity index (χ0) is 14.2. The average Bonchev–Trinajstić information content (AvgIpc) is 2.68. The van der Waals surface area contributed by atoms with Gasteiger partial charge in [0.2, 0.25) is 0 Å². The summed E-state index contributed by atoms with van der Waals surface area (Å²) < 4.78 is 5.37. The third-order valence-corrected chi connectivity index (χ3v) is 4.05. The maximum absolute atomic E-state index is 12.0. The van der Waals surface area contributed by atoms with Crippen LogP contribution in [0.25, 0.3) is 0 Å². The van der Waals surface area contributed by atoms with Crippen molar-refractivity contribution in [2.45, 2.75) is 45.6 Å². The van der Waals surface area contributed by atoms with Crippen molar-refractivity contribution in [2.24, 2.45) is 17.8 Å². The fourth-order valence-corrected chi connectivity index (χ4v) is 3.13. The van der Waals surface area contributed by atoms with Gasteiger partial charge in [0.25, 0.3) is 0 Å². The first-order valence-electron chi connectivity index (χ1n) is 6.97. The molecule has 0 radical (unpaired) electrons. The number of fused-ring (bicyclic) bond motifs is 1. The molecule has 3 atom stereocenters. The molecule has 1 N–H and O–H groups in total. The molecule has 2 rings (SSSR count). The lowest BCUT2D eigenvalue weighted by atomic mass is 9.76. The number of carboxylic acid groups (broad SMARTS) is 1. The summed E-state index contributed by atoms with van der Waals surface area (Å²) >= 11 is 0. The van der Waals surface area contributed by atoms with Crippen LogP contribution in [0.1, 0.15) is 40.0 Å². The molecule has 1 saturated heterocycles. The van der Waals surface area contributed by atoms with Crippen molar-refractivity contribution < 1.29 is 19.4 Å². The van der Waals surface area contributed by atoms with Gasteiger partial charge in [-0.05, 0) is 51.9 Å². The molecule has 0 aromatic rings. The SMILES string of the molecule is CC(C)(C)OC(=O)N1CC2CCC(C(=O)O)CC2C1. The molecule has 5 heteroatoms. The van der Waals surface area contributed by atoms with Gasteiger partial charge in [0.15, 0.2) is 0 Å². The predicted octanol–water partition coefficient (Wildman–Crippen LogP) is 2.35. The summed E-state index contributed by atoms with van der Waals surface area (Å²) in [5, 5.41) is 9.08. The number of carboxylic acids is 1. The lowest BCUT2D eigenvalue weighted by Gasteiger charge is -2.27. The predicted molar refractivity (Wildman–Crippen MR) is 69.8 cm³/mol. The van der Waals surface area contributed by atoms with E-state index in [1.54, 1.807) is 4.90 Å². The lowest BCUT2D eigenvalue weighted by Crippen LogP contribution is -2.35. The summed E-state index contributed by atoms with van der Waals surface area (Å²) in [6.45, 7) is 6.92. The van der Waals surface area contributed by atoms with Crippen LogP contribution in [0.3, 0.4) is 0 Å². The number of carbonyl (C=O) groups excluding carboxylic acids is 1. The fourth-order valence-electron chi connectivity index (χ4n) is 3.13. The Bertz CT molecular complexity index is 374. The first-order chi connectivity index (χ1) is 8.76. The molecular weight excluding hydrogens is 246 g/mol. The van der Waals surface area contributed by atoms with E-state index in [0.29, 0.717) is 31.3 Å².